The van der Waals surface area contributed by atoms with Crippen LogP contribution in [0.25, 0.3) is 0 Å². The Kier molecular flexibility index (Phi) is 6.01. The molecule has 0 saturated heterocycles. The number of likely N-dealkylation sites (N-methyl/N-ethyl adjacent to an activating group) is 1. The summed E-state index contributed by atoms with van der Waals surface area (Å²) in [5.74, 6) is -0.211. The number of carbonyl (C=O) groups excluding carboxylic acids is 2. The van der Waals surface area contributed by atoms with Crippen LogP contribution in [0.15, 0.2) is 28.7 Å². The van der Waals surface area contributed by atoms with Gasteiger partial charge in [-0.25, -0.2) is 4.79 Å². The van der Waals surface area contributed by atoms with E-state index in [1.165, 1.54) is 0 Å². The zero-order valence-corrected chi connectivity index (χ0v) is 13.5. The van der Waals surface area contributed by atoms with Crippen molar-refractivity contribution in [2.75, 3.05) is 6.54 Å². The molecule has 1 rings (SSSR count). The maximum absolute atomic E-state index is 11.8. The molecule has 0 aliphatic rings. The second kappa shape index (κ2) is 7.28. The van der Waals surface area contributed by atoms with E-state index < -0.39 is 5.54 Å². The Bertz CT molecular complexity index is 489. The van der Waals surface area contributed by atoms with E-state index in [9.17, 15) is 9.59 Å². The first-order chi connectivity index (χ1) is 9.35. The Balaban J connectivity index is 2.49. The standard InChI is InChI=1S/C14H20BrN3O2/c1-4-16-12(19)14(2,3)18-13(20)17-9-10-6-5-7-11(15)8-10/h5-8H,4,9H2,1-3H3,(H,16,19)(H2,17,18,20). The molecular formula is C14H20BrN3O2. The zero-order valence-electron chi connectivity index (χ0n) is 11.9. The molecule has 0 spiro atoms. The van der Waals surface area contributed by atoms with Gasteiger partial charge in [-0.3, -0.25) is 4.79 Å². The summed E-state index contributed by atoms with van der Waals surface area (Å²) in [5, 5.41) is 8.07. The van der Waals surface area contributed by atoms with Gasteiger partial charge in [0.15, 0.2) is 0 Å². The van der Waals surface area contributed by atoms with E-state index in [1.807, 2.05) is 31.2 Å². The molecule has 5 nitrogen and oxygen atoms in total. The van der Waals surface area contributed by atoms with Crippen molar-refractivity contribution in [3.63, 3.8) is 0 Å². The minimum Gasteiger partial charge on any atom is -0.354 e. The van der Waals surface area contributed by atoms with E-state index in [4.69, 9.17) is 0 Å². The number of urea groups is 1. The van der Waals surface area contributed by atoms with Crippen molar-refractivity contribution in [3.05, 3.63) is 34.3 Å². The molecule has 0 atom stereocenters. The van der Waals surface area contributed by atoms with E-state index in [0.717, 1.165) is 10.0 Å². The predicted octanol–water partition coefficient (Wildman–Crippen LogP) is 2.16. The number of hydrogen-bond donors (Lipinski definition) is 3. The molecule has 110 valence electrons. The minimum atomic E-state index is -0.947. The molecule has 0 aliphatic heterocycles. The van der Waals surface area contributed by atoms with Crippen LogP contribution in [0.5, 0.6) is 0 Å². The van der Waals surface area contributed by atoms with Gasteiger partial charge < -0.3 is 16.0 Å². The molecule has 3 amide bonds. The molecule has 0 aliphatic carbocycles. The van der Waals surface area contributed by atoms with Crippen LogP contribution < -0.4 is 16.0 Å². The van der Waals surface area contributed by atoms with Crippen LogP contribution in [0.4, 0.5) is 4.79 Å². The molecule has 0 bridgehead atoms. The molecular weight excluding hydrogens is 322 g/mol. The number of nitrogens with one attached hydrogen (secondary N) is 3. The van der Waals surface area contributed by atoms with E-state index >= 15 is 0 Å². The third-order valence-corrected chi connectivity index (χ3v) is 3.17. The van der Waals surface area contributed by atoms with Crippen molar-refractivity contribution in [3.8, 4) is 0 Å². The van der Waals surface area contributed by atoms with Gasteiger partial charge in [-0.2, -0.15) is 0 Å². The SMILES string of the molecule is CCNC(=O)C(C)(C)NC(=O)NCc1cccc(Br)c1. The van der Waals surface area contributed by atoms with Crippen LogP contribution in [0.2, 0.25) is 0 Å². The van der Waals surface area contributed by atoms with Crippen molar-refractivity contribution >= 4 is 27.9 Å². The van der Waals surface area contributed by atoms with Crippen LogP contribution in [0.3, 0.4) is 0 Å². The number of carbonyl (C=O) groups is 2. The normalized spacial score (nSPS) is 10.8. The first-order valence-corrected chi connectivity index (χ1v) is 7.23. The van der Waals surface area contributed by atoms with Crippen LogP contribution in [-0.4, -0.2) is 24.0 Å². The van der Waals surface area contributed by atoms with Gasteiger partial charge in [0.05, 0.1) is 0 Å². The molecule has 20 heavy (non-hydrogen) atoms. The largest absolute Gasteiger partial charge is 0.354 e. The average molecular weight is 342 g/mol. The lowest BCUT2D eigenvalue weighted by Gasteiger charge is -2.25. The lowest BCUT2D eigenvalue weighted by molar-refractivity contribution is -0.125. The summed E-state index contributed by atoms with van der Waals surface area (Å²) in [5.41, 5.74) is 0.0301. The summed E-state index contributed by atoms with van der Waals surface area (Å²) in [6.07, 6.45) is 0. The Morgan fingerprint density at radius 1 is 1.25 bits per heavy atom. The highest BCUT2D eigenvalue weighted by atomic mass is 79.9. The van der Waals surface area contributed by atoms with Gasteiger partial charge in [0.1, 0.15) is 5.54 Å². The molecule has 1 aromatic rings. The van der Waals surface area contributed by atoms with Crippen LogP contribution in [0, 0.1) is 0 Å². The summed E-state index contributed by atoms with van der Waals surface area (Å²) in [7, 11) is 0. The van der Waals surface area contributed by atoms with Crippen molar-refractivity contribution in [2.24, 2.45) is 0 Å². The number of benzene rings is 1. The van der Waals surface area contributed by atoms with E-state index in [1.54, 1.807) is 13.8 Å². The lowest BCUT2D eigenvalue weighted by atomic mass is 10.1. The van der Waals surface area contributed by atoms with Crippen molar-refractivity contribution < 1.29 is 9.59 Å². The van der Waals surface area contributed by atoms with Gasteiger partial charge >= 0.3 is 6.03 Å². The summed E-state index contributed by atoms with van der Waals surface area (Å²) in [6, 6.07) is 7.29. The molecule has 1 aromatic carbocycles. The zero-order chi connectivity index (χ0) is 15.2. The average Bonchev–Trinajstić information content (AvgIpc) is 2.36. The van der Waals surface area contributed by atoms with Gasteiger partial charge in [0.25, 0.3) is 0 Å². The first kappa shape index (κ1) is 16.5. The monoisotopic (exact) mass is 341 g/mol. The third kappa shape index (κ3) is 5.21. The van der Waals surface area contributed by atoms with Crippen LogP contribution in [-0.2, 0) is 11.3 Å². The van der Waals surface area contributed by atoms with Gasteiger partial charge in [-0.1, -0.05) is 28.1 Å². The molecule has 0 aromatic heterocycles. The molecule has 0 fully saturated rings. The van der Waals surface area contributed by atoms with Crippen molar-refractivity contribution in [1.29, 1.82) is 0 Å². The number of hydrogen-bond acceptors (Lipinski definition) is 2. The number of rotatable bonds is 5. The van der Waals surface area contributed by atoms with E-state index in [0.29, 0.717) is 13.1 Å². The molecule has 0 saturated carbocycles. The fraction of sp³-hybridized carbons (Fsp3) is 0.429. The van der Waals surface area contributed by atoms with Gasteiger partial charge in [-0.05, 0) is 38.5 Å². The quantitative estimate of drug-likeness (QED) is 0.768. The topological polar surface area (TPSA) is 70.2 Å². The molecule has 0 unspecified atom stereocenters. The fourth-order valence-electron chi connectivity index (χ4n) is 1.60. The fourth-order valence-corrected chi connectivity index (χ4v) is 2.04. The Morgan fingerprint density at radius 2 is 1.95 bits per heavy atom. The maximum atomic E-state index is 11.8. The summed E-state index contributed by atoms with van der Waals surface area (Å²) >= 11 is 3.37. The lowest BCUT2D eigenvalue weighted by Crippen LogP contribution is -2.56. The predicted molar refractivity (Wildman–Crippen MR) is 82.3 cm³/mol. The van der Waals surface area contributed by atoms with Crippen molar-refractivity contribution in [2.45, 2.75) is 32.9 Å². The highest BCUT2D eigenvalue weighted by Gasteiger charge is 2.28. The Morgan fingerprint density at radius 3 is 2.55 bits per heavy atom. The smallest absolute Gasteiger partial charge is 0.315 e. The summed E-state index contributed by atoms with van der Waals surface area (Å²) < 4.78 is 0.958. The Hall–Kier alpha value is -1.56. The first-order valence-electron chi connectivity index (χ1n) is 6.44. The van der Waals surface area contributed by atoms with Crippen LogP contribution in [0.1, 0.15) is 26.3 Å². The van der Waals surface area contributed by atoms with E-state index in [-0.39, 0.29) is 11.9 Å². The number of halogens is 1. The summed E-state index contributed by atoms with van der Waals surface area (Å²) in [6.45, 7) is 6.09. The number of amides is 3. The third-order valence-electron chi connectivity index (χ3n) is 2.67. The van der Waals surface area contributed by atoms with Gasteiger partial charge in [0, 0.05) is 17.6 Å². The Labute approximate surface area is 127 Å². The van der Waals surface area contributed by atoms with Crippen LogP contribution >= 0.6 is 15.9 Å². The highest BCUT2D eigenvalue weighted by molar-refractivity contribution is 9.10. The molecule has 6 heteroatoms. The van der Waals surface area contributed by atoms with Gasteiger partial charge in [0.2, 0.25) is 5.91 Å². The maximum Gasteiger partial charge on any atom is 0.315 e. The second-order valence-corrected chi connectivity index (χ2v) is 5.84. The highest BCUT2D eigenvalue weighted by Crippen LogP contribution is 2.11. The summed E-state index contributed by atoms with van der Waals surface area (Å²) in [4.78, 5) is 23.6. The second-order valence-electron chi connectivity index (χ2n) is 4.92. The molecule has 0 radical (unpaired) electrons. The van der Waals surface area contributed by atoms with Gasteiger partial charge in [-0.15, -0.1) is 0 Å². The molecule has 0 heterocycles. The molecule has 3 N–H and O–H groups in total. The van der Waals surface area contributed by atoms with Crippen molar-refractivity contribution in [1.82, 2.24) is 16.0 Å². The van der Waals surface area contributed by atoms with E-state index in [2.05, 4.69) is 31.9 Å². The minimum absolute atomic E-state index is 0.211.